The lowest BCUT2D eigenvalue weighted by molar-refractivity contribution is 0.595. The average molecular weight is 206 g/mol. The standard InChI is InChI=1S/C13H22N2/c1-7-8(2)10(4)13(12(6)15-14)11(5)9(7)3/h12,15H,14H2,1-6H3/t12-/m0/s1. The summed E-state index contributed by atoms with van der Waals surface area (Å²) in [6.07, 6.45) is 0. The molecular weight excluding hydrogens is 184 g/mol. The van der Waals surface area contributed by atoms with Crippen LogP contribution in [0.25, 0.3) is 0 Å². The number of hydrazine groups is 1. The first-order chi connectivity index (χ1) is 6.91. The maximum absolute atomic E-state index is 5.53. The van der Waals surface area contributed by atoms with Gasteiger partial charge in [0.25, 0.3) is 0 Å². The van der Waals surface area contributed by atoms with Gasteiger partial charge in [-0.1, -0.05) is 0 Å². The van der Waals surface area contributed by atoms with Gasteiger partial charge in [0.15, 0.2) is 0 Å². The molecule has 3 N–H and O–H groups in total. The number of rotatable bonds is 2. The van der Waals surface area contributed by atoms with Gasteiger partial charge in [-0.2, -0.15) is 0 Å². The third kappa shape index (κ3) is 1.92. The monoisotopic (exact) mass is 206 g/mol. The molecule has 0 spiro atoms. The van der Waals surface area contributed by atoms with Crippen molar-refractivity contribution in [3.63, 3.8) is 0 Å². The minimum absolute atomic E-state index is 0.211. The Morgan fingerprint density at radius 3 is 1.47 bits per heavy atom. The van der Waals surface area contributed by atoms with Crippen molar-refractivity contribution in [3.05, 3.63) is 33.4 Å². The van der Waals surface area contributed by atoms with Crippen LogP contribution in [-0.2, 0) is 0 Å². The third-order valence-corrected chi connectivity index (χ3v) is 3.74. The highest BCUT2D eigenvalue weighted by molar-refractivity contribution is 5.50. The highest BCUT2D eigenvalue weighted by Crippen LogP contribution is 2.29. The fraction of sp³-hybridized carbons (Fsp3) is 0.538. The molecule has 0 bridgehead atoms. The molecule has 0 aliphatic carbocycles. The molecule has 1 aromatic rings. The largest absolute Gasteiger partial charge is 0.271 e. The summed E-state index contributed by atoms with van der Waals surface area (Å²) in [6, 6.07) is 0.211. The van der Waals surface area contributed by atoms with Crippen LogP contribution in [0.5, 0.6) is 0 Å². The lowest BCUT2D eigenvalue weighted by Gasteiger charge is -2.22. The minimum atomic E-state index is 0.211. The van der Waals surface area contributed by atoms with E-state index in [9.17, 15) is 0 Å². The Kier molecular flexibility index (Phi) is 3.53. The van der Waals surface area contributed by atoms with E-state index < -0.39 is 0 Å². The van der Waals surface area contributed by atoms with Gasteiger partial charge in [-0.15, -0.1) is 0 Å². The van der Waals surface area contributed by atoms with Crippen LogP contribution in [0.1, 0.15) is 46.3 Å². The lowest BCUT2D eigenvalue weighted by atomic mass is 9.87. The van der Waals surface area contributed by atoms with E-state index in [2.05, 4.69) is 47.0 Å². The Labute approximate surface area is 92.8 Å². The average Bonchev–Trinajstić information content (AvgIpc) is 2.23. The molecule has 0 aromatic heterocycles. The van der Waals surface area contributed by atoms with E-state index >= 15 is 0 Å². The molecule has 1 atom stereocenters. The van der Waals surface area contributed by atoms with Crippen molar-refractivity contribution in [1.29, 1.82) is 0 Å². The van der Waals surface area contributed by atoms with Crippen molar-refractivity contribution in [2.45, 2.75) is 47.6 Å². The second kappa shape index (κ2) is 4.33. The van der Waals surface area contributed by atoms with E-state index in [-0.39, 0.29) is 6.04 Å². The van der Waals surface area contributed by atoms with Gasteiger partial charge >= 0.3 is 0 Å². The van der Waals surface area contributed by atoms with Crippen LogP contribution in [0.2, 0.25) is 0 Å². The first-order valence-corrected chi connectivity index (χ1v) is 5.44. The van der Waals surface area contributed by atoms with E-state index in [1.54, 1.807) is 0 Å². The third-order valence-electron chi connectivity index (χ3n) is 3.74. The van der Waals surface area contributed by atoms with Gasteiger partial charge in [-0.25, -0.2) is 0 Å². The quantitative estimate of drug-likeness (QED) is 0.577. The van der Waals surface area contributed by atoms with Crippen molar-refractivity contribution in [1.82, 2.24) is 5.43 Å². The Morgan fingerprint density at radius 1 is 0.800 bits per heavy atom. The summed E-state index contributed by atoms with van der Waals surface area (Å²) in [6.45, 7) is 13.0. The zero-order valence-corrected chi connectivity index (χ0v) is 10.7. The van der Waals surface area contributed by atoms with Crippen LogP contribution in [-0.4, -0.2) is 0 Å². The molecule has 0 heterocycles. The fourth-order valence-corrected chi connectivity index (χ4v) is 2.26. The van der Waals surface area contributed by atoms with Gasteiger partial charge in [0.05, 0.1) is 0 Å². The Hall–Kier alpha value is -0.860. The van der Waals surface area contributed by atoms with Crippen LogP contribution in [0.15, 0.2) is 0 Å². The van der Waals surface area contributed by atoms with E-state index in [1.807, 2.05) is 0 Å². The smallest absolute Gasteiger partial charge is 0.0437 e. The predicted molar refractivity (Wildman–Crippen MR) is 65.9 cm³/mol. The zero-order valence-electron chi connectivity index (χ0n) is 10.7. The molecule has 84 valence electrons. The molecular formula is C13H22N2. The first kappa shape index (κ1) is 12.2. The lowest BCUT2D eigenvalue weighted by Crippen LogP contribution is -2.27. The Morgan fingerprint density at radius 2 is 1.13 bits per heavy atom. The molecule has 0 aliphatic rings. The summed E-state index contributed by atoms with van der Waals surface area (Å²) in [5.74, 6) is 5.53. The molecule has 1 rings (SSSR count). The molecule has 1 aromatic carbocycles. The van der Waals surface area contributed by atoms with Crippen molar-refractivity contribution in [2.75, 3.05) is 0 Å². The van der Waals surface area contributed by atoms with Gasteiger partial charge in [-0.05, 0) is 74.9 Å². The molecule has 2 nitrogen and oxygen atoms in total. The molecule has 0 radical (unpaired) electrons. The highest BCUT2D eigenvalue weighted by Gasteiger charge is 2.15. The second-order valence-corrected chi connectivity index (χ2v) is 4.43. The van der Waals surface area contributed by atoms with Crippen LogP contribution in [0.4, 0.5) is 0 Å². The number of hydrogen-bond acceptors (Lipinski definition) is 2. The number of nitrogens with one attached hydrogen (secondary N) is 1. The van der Waals surface area contributed by atoms with Crippen LogP contribution >= 0.6 is 0 Å². The van der Waals surface area contributed by atoms with Crippen molar-refractivity contribution >= 4 is 0 Å². The molecule has 15 heavy (non-hydrogen) atoms. The molecule has 0 saturated carbocycles. The first-order valence-electron chi connectivity index (χ1n) is 5.44. The number of nitrogens with two attached hydrogens (primary N) is 1. The zero-order chi connectivity index (χ0) is 11.7. The van der Waals surface area contributed by atoms with Crippen molar-refractivity contribution in [3.8, 4) is 0 Å². The van der Waals surface area contributed by atoms with Gasteiger partial charge in [0, 0.05) is 6.04 Å². The summed E-state index contributed by atoms with van der Waals surface area (Å²) in [4.78, 5) is 0. The summed E-state index contributed by atoms with van der Waals surface area (Å²) in [5, 5.41) is 0. The molecule has 0 saturated heterocycles. The number of hydrogen-bond donors (Lipinski definition) is 2. The minimum Gasteiger partial charge on any atom is -0.271 e. The van der Waals surface area contributed by atoms with E-state index in [1.165, 1.54) is 33.4 Å². The van der Waals surface area contributed by atoms with Gasteiger partial charge in [0.2, 0.25) is 0 Å². The SMILES string of the molecule is Cc1c(C)c(C)c([C@H](C)NN)c(C)c1C. The van der Waals surface area contributed by atoms with E-state index in [0.29, 0.717) is 0 Å². The fourth-order valence-electron chi connectivity index (χ4n) is 2.26. The van der Waals surface area contributed by atoms with Crippen LogP contribution < -0.4 is 11.3 Å². The van der Waals surface area contributed by atoms with Crippen molar-refractivity contribution in [2.24, 2.45) is 5.84 Å². The van der Waals surface area contributed by atoms with Crippen molar-refractivity contribution < 1.29 is 0 Å². The second-order valence-electron chi connectivity index (χ2n) is 4.43. The molecule has 0 unspecified atom stereocenters. The maximum Gasteiger partial charge on any atom is 0.0437 e. The van der Waals surface area contributed by atoms with Crippen LogP contribution in [0.3, 0.4) is 0 Å². The van der Waals surface area contributed by atoms with Gasteiger partial charge < -0.3 is 0 Å². The number of benzene rings is 1. The Balaban J connectivity index is 3.52. The normalized spacial score (nSPS) is 13.0. The Bertz CT molecular complexity index is 352. The molecule has 0 aliphatic heterocycles. The van der Waals surface area contributed by atoms with Gasteiger partial charge in [-0.3, -0.25) is 11.3 Å². The maximum atomic E-state index is 5.53. The van der Waals surface area contributed by atoms with Gasteiger partial charge in [0.1, 0.15) is 0 Å². The topological polar surface area (TPSA) is 38.0 Å². The van der Waals surface area contributed by atoms with Crippen LogP contribution in [0, 0.1) is 34.6 Å². The molecule has 0 fully saturated rings. The summed E-state index contributed by atoms with van der Waals surface area (Å²) in [7, 11) is 0. The summed E-state index contributed by atoms with van der Waals surface area (Å²) >= 11 is 0. The molecule has 0 amide bonds. The summed E-state index contributed by atoms with van der Waals surface area (Å²) < 4.78 is 0. The highest BCUT2D eigenvalue weighted by atomic mass is 15.2. The van der Waals surface area contributed by atoms with E-state index in [0.717, 1.165) is 0 Å². The predicted octanol–water partition coefficient (Wildman–Crippen LogP) is 2.75. The van der Waals surface area contributed by atoms with E-state index in [4.69, 9.17) is 5.84 Å². The molecule has 2 heteroatoms. The summed E-state index contributed by atoms with van der Waals surface area (Å²) in [5.41, 5.74) is 11.1.